The second kappa shape index (κ2) is 6.30. The number of carbonyl (C=O) groups excluding carboxylic acids is 3. The van der Waals surface area contributed by atoms with Crippen molar-refractivity contribution in [1.29, 1.82) is 0 Å². The van der Waals surface area contributed by atoms with Crippen LogP contribution in [-0.4, -0.2) is 31.3 Å². The number of ketones is 1. The van der Waals surface area contributed by atoms with E-state index in [1.54, 1.807) is 38.2 Å². The standard InChI is InChI=1S/C21H18BrNO4/c1-3-27-19(25)17-16(18(24)12-8-10-13(22)11-9-12)21(17)14-6-4-5-7-15(14)23(2)20(21)26/h4-11,16-17H,3H2,1-2H3. The van der Waals surface area contributed by atoms with E-state index < -0.39 is 23.2 Å². The number of rotatable bonds is 4. The minimum atomic E-state index is -1.16. The van der Waals surface area contributed by atoms with Gasteiger partial charge in [-0.05, 0) is 30.7 Å². The van der Waals surface area contributed by atoms with Crippen molar-refractivity contribution in [1.82, 2.24) is 0 Å². The van der Waals surface area contributed by atoms with Gasteiger partial charge in [0, 0.05) is 22.8 Å². The molecule has 1 amide bonds. The largest absolute Gasteiger partial charge is 0.466 e. The number of anilines is 1. The summed E-state index contributed by atoms with van der Waals surface area (Å²) in [5.74, 6) is -2.48. The number of carbonyl (C=O) groups is 3. The van der Waals surface area contributed by atoms with Gasteiger partial charge in [-0.1, -0.05) is 46.3 Å². The van der Waals surface area contributed by atoms with Crippen molar-refractivity contribution in [3.63, 3.8) is 0 Å². The Hall–Kier alpha value is -2.47. The van der Waals surface area contributed by atoms with Gasteiger partial charge in [-0.3, -0.25) is 14.4 Å². The Morgan fingerprint density at radius 2 is 1.78 bits per heavy atom. The lowest BCUT2D eigenvalue weighted by Gasteiger charge is -2.11. The van der Waals surface area contributed by atoms with Crippen molar-refractivity contribution in [2.45, 2.75) is 12.3 Å². The Morgan fingerprint density at radius 1 is 1.11 bits per heavy atom. The van der Waals surface area contributed by atoms with Crippen LogP contribution in [0.25, 0.3) is 0 Å². The fourth-order valence-electron chi connectivity index (χ4n) is 4.31. The highest BCUT2D eigenvalue weighted by atomic mass is 79.9. The maximum Gasteiger partial charge on any atom is 0.311 e. The number of halogens is 1. The van der Waals surface area contributed by atoms with E-state index in [2.05, 4.69) is 15.9 Å². The number of fused-ring (bicyclic) bond motifs is 2. The average Bonchev–Trinajstić information content (AvgIpc) is 3.32. The highest BCUT2D eigenvalue weighted by molar-refractivity contribution is 9.10. The Labute approximate surface area is 165 Å². The second-order valence-corrected chi connectivity index (χ2v) is 7.74. The zero-order valence-electron chi connectivity index (χ0n) is 14.9. The lowest BCUT2D eigenvalue weighted by atomic mass is 9.91. The first kappa shape index (κ1) is 17.9. The fourth-order valence-corrected chi connectivity index (χ4v) is 4.58. The summed E-state index contributed by atoms with van der Waals surface area (Å²) in [6, 6.07) is 14.3. The highest BCUT2D eigenvalue weighted by Crippen LogP contribution is 2.67. The molecule has 3 atom stereocenters. The molecule has 5 nitrogen and oxygen atoms in total. The topological polar surface area (TPSA) is 63.7 Å². The number of para-hydroxylation sites is 1. The van der Waals surface area contributed by atoms with Crippen LogP contribution in [-0.2, 0) is 19.7 Å². The van der Waals surface area contributed by atoms with Gasteiger partial charge in [0.1, 0.15) is 5.41 Å². The number of hydrogen-bond donors (Lipinski definition) is 0. The summed E-state index contributed by atoms with van der Waals surface area (Å²) in [5.41, 5.74) is 0.782. The molecule has 0 radical (unpaired) electrons. The Bertz CT molecular complexity index is 955. The number of benzene rings is 2. The van der Waals surface area contributed by atoms with Gasteiger partial charge in [0.15, 0.2) is 5.78 Å². The summed E-state index contributed by atoms with van der Waals surface area (Å²) in [4.78, 5) is 40.7. The predicted molar refractivity (Wildman–Crippen MR) is 104 cm³/mol. The van der Waals surface area contributed by atoms with Gasteiger partial charge >= 0.3 is 5.97 Å². The molecule has 6 heteroatoms. The quantitative estimate of drug-likeness (QED) is 0.554. The lowest BCUT2D eigenvalue weighted by Crippen LogP contribution is -2.32. The lowest BCUT2D eigenvalue weighted by molar-refractivity contribution is -0.146. The third kappa shape index (κ3) is 2.39. The van der Waals surface area contributed by atoms with Crippen LogP contribution in [0.3, 0.4) is 0 Å². The van der Waals surface area contributed by atoms with Crippen LogP contribution in [0.4, 0.5) is 5.69 Å². The van der Waals surface area contributed by atoms with E-state index in [0.29, 0.717) is 5.56 Å². The molecule has 1 fully saturated rings. The van der Waals surface area contributed by atoms with Crippen molar-refractivity contribution in [2.24, 2.45) is 11.8 Å². The number of ether oxygens (including phenoxy) is 1. The molecule has 27 heavy (non-hydrogen) atoms. The molecule has 2 aliphatic rings. The van der Waals surface area contributed by atoms with Gasteiger partial charge in [0.25, 0.3) is 0 Å². The van der Waals surface area contributed by atoms with E-state index in [0.717, 1.165) is 15.7 Å². The molecule has 4 rings (SSSR count). The van der Waals surface area contributed by atoms with Crippen molar-refractivity contribution in [2.75, 3.05) is 18.6 Å². The molecule has 1 heterocycles. The Balaban J connectivity index is 1.83. The van der Waals surface area contributed by atoms with Gasteiger partial charge < -0.3 is 9.64 Å². The molecule has 138 valence electrons. The van der Waals surface area contributed by atoms with Gasteiger partial charge in [0.2, 0.25) is 5.91 Å². The van der Waals surface area contributed by atoms with Crippen molar-refractivity contribution in [3.8, 4) is 0 Å². The summed E-state index contributed by atoms with van der Waals surface area (Å²) < 4.78 is 6.07. The van der Waals surface area contributed by atoms with Crippen LogP contribution in [0.2, 0.25) is 0 Å². The van der Waals surface area contributed by atoms with E-state index in [4.69, 9.17) is 4.74 Å². The molecular formula is C21H18BrNO4. The molecule has 0 aromatic heterocycles. The maximum atomic E-state index is 13.3. The van der Waals surface area contributed by atoms with E-state index in [-0.39, 0.29) is 18.3 Å². The molecule has 2 aromatic rings. The van der Waals surface area contributed by atoms with Gasteiger partial charge in [-0.25, -0.2) is 0 Å². The van der Waals surface area contributed by atoms with Gasteiger partial charge in [-0.2, -0.15) is 0 Å². The summed E-state index contributed by atoms with van der Waals surface area (Å²) in [6.45, 7) is 1.92. The normalized spacial score (nSPS) is 25.4. The summed E-state index contributed by atoms with van der Waals surface area (Å²) in [7, 11) is 1.68. The molecule has 0 bridgehead atoms. The van der Waals surface area contributed by atoms with Crippen molar-refractivity contribution in [3.05, 3.63) is 64.1 Å². The zero-order valence-corrected chi connectivity index (χ0v) is 16.5. The Morgan fingerprint density at radius 3 is 2.44 bits per heavy atom. The van der Waals surface area contributed by atoms with Crippen LogP contribution in [0.5, 0.6) is 0 Å². The molecule has 1 aliphatic heterocycles. The second-order valence-electron chi connectivity index (χ2n) is 6.83. The van der Waals surface area contributed by atoms with Gasteiger partial charge in [-0.15, -0.1) is 0 Å². The molecule has 0 N–H and O–H groups in total. The van der Waals surface area contributed by atoms with Crippen molar-refractivity contribution < 1.29 is 19.1 Å². The molecule has 2 aromatic carbocycles. The number of hydrogen-bond acceptors (Lipinski definition) is 4. The smallest absolute Gasteiger partial charge is 0.311 e. The minimum absolute atomic E-state index is 0.205. The van der Waals surface area contributed by atoms with Gasteiger partial charge in [0.05, 0.1) is 18.4 Å². The first-order chi connectivity index (χ1) is 12.9. The monoisotopic (exact) mass is 427 g/mol. The summed E-state index contributed by atoms with van der Waals surface area (Å²) in [5, 5.41) is 0. The average molecular weight is 428 g/mol. The predicted octanol–water partition coefficient (Wildman–Crippen LogP) is 3.36. The number of nitrogens with zero attached hydrogens (tertiary/aromatic N) is 1. The maximum absolute atomic E-state index is 13.3. The molecule has 1 saturated carbocycles. The number of amides is 1. The van der Waals surface area contributed by atoms with Crippen molar-refractivity contribution >= 4 is 39.3 Å². The van der Waals surface area contributed by atoms with Crippen LogP contribution in [0.15, 0.2) is 53.0 Å². The van der Waals surface area contributed by atoms with E-state index in [9.17, 15) is 14.4 Å². The van der Waals surface area contributed by atoms with Crippen LogP contribution in [0.1, 0.15) is 22.8 Å². The molecule has 3 unspecified atom stereocenters. The van der Waals surface area contributed by atoms with E-state index in [1.807, 2.05) is 24.3 Å². The molecule has 1 spiro atoms. The number of likely N-dealkylation sites (N-methyl/N-ethyl adjacent to an activating group) is 1. The summed E-state index contributed by atoms with van der Waals surface area (Å²) in [6.07, 6.45) is 0. The first-order valence-electron chi connectivity index (χ1n) is 8.78. The SMILES string of the molecule is CCOC(=O)C1C(C(=O)c2ccc(Br)cc2)C12C(=O)N(C)c1ccccc12. The highest BCUT2D eigenvalue weighted by Gasteiger charge is 2.79. The minimum Gasteiger partial charge on any atom is -0.466 e. The number of Topliss-reactive ketones (excluding diaryl/α,β-unsaturated/α-hetero) is 1. The van der Waals surface area contributed by atoms with Crippen LogP contribution >= 0.6 is 15.9 Å². The summed E-state index contributed by atoms with van der Waals surface area (Å²) >= 11 is 3.36. The van der Waals surface area contributed by atoms with E-state index >= 15 is 0 Å². The van der Waals surface area contributed by atoms with E-state index in [1.165, 1.54) is 4.90 Å². The number of esters is 1. The first-order valence-corrected chi connectivity index (χ1v) is 9.58. The fraction of sp³-hybridized carbons (Fsp3) is 0.286. The molecule has 0 saturated heterocycles. The van der Waals surface area contributed by atoms with Crippen LogP contribution in [0, 0.1) is 11.8 Å². The molecular weight excluding hydrogens is 410 g/mol. The third-order valence-electron chi connectivity index (χ3n) is 5.53. The zero-order chi connectivity index (χ0) is 19.3. The molecule has 1 aliphatic carbocycles. The Kier molecular flexibility index (Phi) is 4.18. The third-order valence-corrected chi connectivity index (χ3v) is 6.06. The van der Waals surface area contributed by atoms with Crippen LogP contribution < -0.4 is 4.90 Å².